The van der Waals surface area contributed by atoms with E-state index in [0.717, 1.165) is 25.9 Å². The summed E-state index contributed by atoms with van der Waals surface area (Å²) in [6, 6.07) is 0. The van der Waals surface area contributed by atoms with Crippen LogP contribution in [0, 0.1) is 0 Å². The highest BCUT2D eigenvalue weighted by molar-refractivity contribution is 4.98. The van der Waals surface area contributed by atoms with Crippen molar-refractivity contribution in [3.63, 3.8) is 0 Å². The Balaban J connectivity index is 1.99. The number of likely N-dealkylation sites (tertiary alicyclic amines) is 2. The van der Waals surface area contributed by atoms with Crippen LogP contribution >= 0.6 is 0 Å². The number of nitrogens with zero attached hydrogens (tertiary/aromatic N) is 2. The predicted octanol–water partition coefficient (Wildman–Crippen LogP) is 1.14. The summed E-state index contributed by atoms with van der Waals surface area (Å²) >= 11 is 0. The predicted molar refractivity (Wildman–Crippen MR) is 64.3 cm³/mol. The molecule has 2 rings (SSSR count). The van der Waals surface area contributed by atoms with Crippen LogP contribution < -0.4 is 5.73 Å². The highest BCUT2D eigenvalue weighted by Crippen LogP contribution is 2.35. The van der Waals surface area contributed by atoms with Gasteiger partial charge in [-0.05, 0) is 33.0 Å². The zero-order valence-corrected chi connectivity index (χ0v) is 10.6. The number of piperidine rings is 2. The van der Waals surface area contributed by atoms with Gasteiger partial charge < -0.3 is 10.6 Å². The normalized spacial score (nSPS) is 30.4. The monoisotopic (exact) mass is 247 g/mol. The molecule has 100 valence electrons. The second-order valence-corrected chi connectivity index (χ2v) is 5.57. The molecule has 0 aromatic rings. The van der Waals surface area contributed by atoms with Crippen LogP contribution in [0.25, 0.3) is 0 Å². The zero-order valence-electron chi connectivity index (χ0n) is 10.6. The molecule has 2 aliphatic heterocycles. The van der Waals surface area contributed by atoms with Gasteiger partial charge in [0.2, 0.25) is 0 Å². The van der Waals surface area contributed by atoms with Crippen LogP contribution in [0.3, 0.4) is 0 Å². The van der Waals surface area contributed by atoms with Gasteiger partial charge in [0.05, 0.1) is 0 Å². The first-order valence-corrected chi connectivity index (χ1v) is 6.49. The Hall–Kier alpha value is -0.260. The van der Waals surface area contributed by atoms with E-state index < -0.39 is 5.92 Å². The van der Waals surface area contributed by atoms with Gasteiger partial charge in [0, 0.05) is 38.0 Å². The quantitative estimate of drug-likeness (QED) is 0.794. The first kappa shape index (κ1) is 13.2. The third-order valence-electron chi connectivity index (χ3n) is 4.46. The van der Waals surface area contributed by atoms with E-state index in [4.69, 9.17) is 5.73 Å². The van der Waals surface area contributed by atoms with Gasteiger partial charge in [0.1, 0.15) is 0 Å². The smallest absolute Gasteiger partial charge is 0.250 e. The van der Waals surface area contributed by atoms with E-state index in [1.54, 1.807) is 0 Å². The molecule has 2 saturated heterocycles. The molecular weight excluding hydrogens is 224 g/mol. The summed E-state index contributed by atoms with van der Waals surface area (Å²) in [5, 5.41) is 0. The fourth-order valence-corrected chi connectivity index (χ4v) is 2.99. The van der Waals surface area contributed by atoms with Gasteiger partial charge in [-0.1, -0.05) is 0 Å². The van der Waals surface area contributed by atoms with Gasteiger partial charge in [0.25, 0.3) is 5.92 Å². The summed E-state index contributed by atoms with van der Waals surface area (Å²) in [7, 11) is 2.10. The van der Waals surface area contributed by atoms with E-state index in [1.165, 1.54) is 0 Å². The van der Waals surface area contributed by atoms with Gasteiger partial charge in [-0.15, -0.1) is 0 Å². The van der Waals surface area contributed by atoms with Gasteiger partial charge in [-0.25, -0.2) is 8.78 Å². The second kappa shape index (κ2) is 4.78. The van der Waals surface area contributed by atoms with Gasteiger partial charge in [-0.3, -0.25) is 4.90 Å². The average molecular weight is 247 g/mol. The third-order valence-corrected chi connectivity index (χ3v) is 4.46. The minimum atomic E-state index is -2.46. The molecule has 2 N–H and O–H groups in total. The van der Waals surface area contributed by atoms with Crippen LogP contribution in [-0.2, 0) is 0 Å². The Bertz CT molecular complexity index is 252. The average Bonchev–Trinajstić information content (AvgIpc) is 2.31. The van der Waals surface area contributed by atoms with Crippen LogP contribution in [0.1, 0.15) is 25.7 Å². The Morgan fingerprint density at radius 3 is 2.00 bits per heavy atom. The lowest BCUT2D eigenvalue weighted by Gasteiger charge is -2.50. The van der Waals surface area contributed by atoms with E-state index in [2.05, 4.69) is 16.8 Å². The molecule has 2 fully saturated rings. The van der Waals surface area contributed by atoms with Crippen LogP contribution in [0.5, 0.6) is 0 Å². The number of hydrogen-bond acceptors (Lipinski definition) is 3. The number of alkyl halides is 2. The maximum absolute atomic E-state index is 13.2. The van der Waals surface area contributed by atoms with Crippen molar-refractivity contribution in [2.75, 3.05) is 39.8 Å². The molecule has 0 spiro atoms. The summed E-state index contributed by atoms with van der Waals surface area (Å²) in [5.74, 6) is -2.46. The van der Waals surface area contributed by atoms with Crippen molar-refractivity contribution in [2.24, 2.45) is 5.73 Å². The Morgan fingerprint density at radius 2 is 1.53 bits per heavy atom. The number of nitrogens with two attached hydrogens (primary N) is 1. The molecule has 0 unspecified atom stereocenters. The Kier molecular flexibility index (Phi) is 3.71. The first-order chi connectivity index (χ1) is 7.97. The molecule has 2 heterocycles. The molecule has 5 heteroatoms. The van der Waals surface area contributed by atoms with Crippen molar-refractivity contribution in [1.82, 2.24) is 9.80 Å². The highest BCUT2D eigenvalue weighted by atomic mass is 19.3. The van der Waals surface area contributed by atoms with Crippen molar-refractivity contribution in [1.29, 1.82) is 0 Å². The first-order valence-electron chi connectivity index (χ1n) is 6.49. The largest absolute Gasteiger partial charge is 0.329 e. The highest BCUT2D eigenvalue weighted by Gasteiger charge is 2.43. The molecule has 0 aromatic carbocycles. The van der Waals surface area contributed by atoms with Crippen molar-refractivity contribution in [2.45, 2.75) is 37.1 Å². The molecule has 0 atom stereocenters. The molecule has 0 amide bonds. The van der Waals surface area contributed by atoms with Crippen molar-refractivity contribution >= 4 is 0 Å². The maximum Gasteiger partial charge on any atom is 0.250 e. The third kappa shape index (κ3) is 2.77. The Labute approximate surface area is 102 Å². The van der Waals surface area contributed by atoms with Crippen molar-refractivity contribution in [3.05, 3.63) is 0 Å². The van der Waals surface area contributed by atoms with Crippen LogP contribution in [-0.4, -0.2) is 61.0 Å². The van der Waals surface area contributed by atoms with Gasteiger partial charge in [0.15, 0.2) is 0 Å². The summed E-state index contributed by atoms with van der Waals surface area (Å²) in [6.07, 6.45) is 1.99. The van der Waals surface area contributed by atoms with Crippen molar-refractivity contribution < 1.29 is 8.78 Å². The Morgan fingerprint density at radius 1 is 1.00 bits per heavy atom. The SMILES string of the molecule is CN1CCC(CN)(N2CCC(F)(F)CC2)CC1. The summed E-state index contributed by atoms with van der Waals surface area (Å²) in [4.78, 5) is 4.50. The van der Waals surface area contributed by atoms with E-state index in [1.807, 2.05) is 0 Å². The molecule has 17 heavy (non-hydrogen) atoms. The van der Waals surface area contributed by atoms with E-state index >= 15 is 0 Å². The van der Waals surface area contributed by atoms with Gasteiger partial charge >= 0.3 is 0 Å². The van der Waals surface area contributed by atoms with Crippen molar-refractivity contribution in [3.8, 4) is 0 Å². The van der Waals surface area contributed by atoms with Crippen LogP contribution in [0.4, 0.5) is 8.78 Å². The lowest BCUT2D eigenvalue weighted by atomic mass is 9.84. The fourth-order valence-electron chi connectivity index (χ4n) is 2.99. The van der Waals surface area contributed by atoms with E-state index in [-0.39, 0.29) is 18.4 Å². The molecular formula is C12H23F2N3. The van der Waals surface area contributed by atoms with E-state index in [9.17, 15) is 8.78 Å². The molecule has 0 aromatic heterocycles. The minimum absolute atomic E-state index is 0.00934. The molecule has 2 aliphatic rings. The summed E-state index contributed by atoms with van der Waals surface area (Å²) in [5.41, 5.74) is 5.91. The minimum Gasteiger partial charge on any atom is -0.329 e. The fraction of sp³-hybridized carbons (Fsp3) is 1.00. The van der Waals surface area contributed by atoms with Gasteiger partial charge in [-0.2, -0.15) is 0 Å². The molecule has 0 saturated carbocycles. The number of hydrogen-bond donors (Lipinski definition) is 1. The lowest BCUT2D eigenvalue weighted by Crippen LogP contribution is -2.61. The van der Waals surface area contributed by atoms with E-state index in [0.29, 0.717) is 19.6 Å². The zero-order chi connectivity index (χ0) is 12.5. The summed E-state index contributed by atoms with van der Waals surface area (Å²) < 4.78 is 26.3. The van der Waals surface area contributed by atoms with Crippen LogP contribution in [0.2, 0.25) is 0 Å². The molecule has 3 nitrogen and oxygen atoms in total. The maximum atomic E-state index is 13.2. The summed E-state index contributed by atoms with van der Waals surface area (Å²) in [6.45, 7) is 3.61. The molecule has 0 aliphatic carbocycles. The topological polar surface area (TPSA) is 32.5 Å². The number of rotatable bonds is 2. The number of halogens is 2. The lowest BCUT2D eigenvalue weighted by molar-refractivity contribution is -0.0865. The molecule has 0 bridgehead atoms. The standard InChI is InChI=1S/C12H23F2N3/c1-16-6-2-11(10-15,3-7-16)17-8-4-12(13,14)5-9-17/h2-10,15H2,1H3. The van der Waals surface area contributed by atoms with Crippen LogP contribution in [0.15, 0.2) is 0 Å². The molecule has 0 radical (unpaired) electrons. The second-order valence-electron chi connectivity index (χ2n) is 5.57.